The predicted molar refractivity (Wildman–Crippen MR) is 36.9 cm³/mol. The lowest BCUT2D eigenvalue weighted by atomic mass is 10.7. The number of rotatable bonds is 5. The fourth-order valence-electron chi connectivity index (χ4n) is 0.383. The Morgan fingerprint density at radius 2 is 1.82 bits per heavy atom. The molecular weight excluding hydrogens is 174 g/mol. The van der Waals surface area contributed by atoms with E-state index in [0.717, 1.165) is 0 Å². The zero-order chi connectivity index (χ0) is 8.91. The maximum Gasteiger partial charge on any atom is 0.333 e. The van der Waals surface area contributed by atoms with Gasteiger partial charge in [-0.1, -0.05) is 0 Å². The molecule has 6 nitrogen and oxygen atoms in total. The SMILES string of the molecule is COC(COS(N)(=O)=O)OC. The molecule has 68 valence electrons. The summed E-state index contributed by atoms with van der Waals surface area (Å²) in [4.78, 5) is 0. The van der Waals surface area contributed by atoms with Crippen molar-refractivity contribution < 1.29 is 22.1 Å². The van der Waals surface area contributed by atoms with Crippen molar-refractivity contribution in [3.8, 4) is 0 Å². The lowest BCUT2D eigenvalue weighted by Crippen LogP contribution is -2.25. The number of hydrogen-bond donors (Lipinski definition) is 1. The van der Waals surface area contributed by atoms with Crippen LogP contribution in [0.25, 0.3) is 0 Å². The third-order valence-corrected chi connectivity index (χ3v) is 1.36. The summed E-state index contributed by atoms with van der Waals surface area (Å²) in [5.41, 5.74) is 0. The molecule has 0 aliphatic carbocycles. The highest BCUT2D eigenvalue weighted by Gasteiger charge is 2.09. The molecule has 0 heterocycles. The van der Waals surface area contributed by atoms with Gasteiger partial charge >= 0.3 is 10.3 Å². The Bertz CT molecular complexity index is 185. The Balaban J connectivity index is 3.69. The van der Waals surface area contributed by atoms with Crippen LogP contribution in [0.15, 0.2) is 0 Å². The lowest BCUT2D eigenvalue weighted by molar-refractivity contribution is -0.121. The monoisotopic (exact) mass is 185 g/mol. The van der Waals surface area contributed by atoms with Crippen LogP contribution in [-0.4, -0.2) is 35.5 Å². The lowest BCUT2D eigenvalue weighted by Gasteiger charge is -2.11. The average Bonchev–Trinajstić information content (AvgIpc) is 1.88. The van der Waals surface area contributed by atoms with Gasteiger partial charge in [-0.05, 0) is 0 Å². The molecule has 0 saturated heterocycles. The Morgan fingerprint density at radius 1 is 1.36 bits per heavy atom. The van der Waals surface area contributed by atoms with Gasteiger partial charge in [-0.15, -0.1) is 0 Å². The smallest absolute Gasteiger partial charge is 0.333 e. The number of hydrogen-bond acceptors (Lipinski definition) is 5. The molecule has 0 aromatic carbocycles. The van der Waals surface area contributed by atoms with E-state index in [1.165, 1.54) is 14.2 Å². The molecule has 0 aliphatic heterocycles. The van der Waals surface area contributed by atoms with Crippen molar-refractivity contribution >= 4 is 10.3 Å². The van der Waals surface area contributed by atoms with Gasteiger partial charge in [0.15, 0.2) is 6.29 Å². The van der Waals surface area contributed by atoms with Gasteiger partial charge in [0.25, 0.3) is 0 Å². The summed E-state index contributed by atoms with van der Waals surface area (Å²) in [5, 5.41) is 4.53. The van der Waals surface area contributed by atoms with Crippen LogP contribution in [0.2, 0.25) is 0 Å². The molecule has 0 aromatic heterocycles. The van der Waals surface area contributed by atoms with Crippen LogP contribution in [0, 0.1) is 0 Å². The van der Waals surface area contributed by atoms with Gasteiger partial charge in [-0.3, -0.25) is 4.18 Å². The van der Waals surface area contributed by atoms with E-state index in [1.807, 2.05) is 0 Å². The van der Waals surface area contributed by atoms with Crippen LogP contribution < -0.4 is 5.14 Å². The third kappa shape index (κ3) is 6.20. The first-order valence-corrected chi connectivity index (χ1v) is 4.19. The van der Waals surface area contributed by atoms with Gasteiger partial charge in [-0.2, -0.15) is 8.42 Å². The molecule has 0 bridgehead atoms. The molecule has 0 rings (SSSR count). The van der Waals surface area contributed by atoms with Crippen LogP contribution in [0.1, 0.15) is 0 Å². The summed E-state index contributed by atoms with van der Waals surface area (Å²) >= 11 is 0. The van der Waals surface area contributed by atoms with Gasteiger partial charge in [0.05, 0.1) is 0 Å². The zero-order valence-corrected chi connectivity index (χ0v) is 7.13. The van der Waals surface area contributed by atoms with E-state index in [0.29, 0.717) is 0 Å². The Kier molecular flexibility index (Phi) is 4.54. The van der Waals surface area contributed by atoms with Crippen LogP contribution in [0.4, 0.5) is 0 Å². The minimum absolute atomic E-state index is 0.244. The van der Waals surface area contributed by atoms with Gasteiger partial charge < -0.3 is 9.47 Å². The van der Waals surface area contributed by atoms with Crippen LogP contribution in [-0.2, 0) is 24.0 Å². The number of methoxy groups -OCH3 is 2. The zero-order valence-electron chi connectivity index (χ0n) is 6.31. The van der Waals surface area contributed by atoms with Crippen molar-refractivity contribution in [3.05, 3.63) is 0 Å². The first-order valence-electron chi connectivity index (χ1n) is 2.72. The number of nitrogens with two attached hydrogens (primary N) is 1. The topological polar surface area (TPSA) is 87.9 Å². The highest BCUT2D eigenvalue weighted by Crippen LogP contribution is 1.93. The molecule has 11 heavy (non-hydrogen) atoms. The van der Waals surface area contributed by atoms with Gasteiger partial charge in [-0.25, -0.2) is 5.14 Å². The summed E-state index contributed by atoms with van der Waals surface area (Å²) < 4.78 is 33.9. The standard InChI is InChI=1S/C4H11NO5S/c1-8-4(9-2)3-10-11(5,6)7/h4H,3H2,1-2H3,(H2,5,6,7). The van der Waals surface area contributed by atoms with Crippen molar-refractivity contribution in [3.63, 3.8) is 0 Å². The second-order valence-electron chi connectivity index (χ2n) is 1.68. The van der Waals surface area contributed by atoms with Crippen molar-refractivity contribution in [2.24, 2.45) is 5.14 Å². The Morgan fingerprint density at radius 3 is 2.09 bits per heavy atom. The van der Waals surface area contributed by atoms with Crippen LogP contribution in [0.3, 0.4) is 0 Å². The molecule has 0 radical (unpaired) electrons. The highest BCUT2D eigenvalue weighted by molar-refractivity contribution is 7.84. The Labute approximate surface area is 65.5 Å². The van der Waals surface area contributed by atoms with Gasteiger partial charge in [0.2, 0.25) is 0 Å². The molecule has 2 N–H and O–H groups in total. The summed E-state index contributed by atoms with van der Waals surface area (Å²) in [5.74, 6) is 0. The van der Waals surface area contributed by atoms with Crippen LogP contribution in [0.5, 0.6) is 0 Å². The van der Waals surface area contributed by atoms with E-state index in [9.17, 15) is 8.42 Å². The largest absolute Gasteiger partial charge is 0.354 e. The summed E-state index contributed by atoms with van der Waals surface area (Å²) in [6.07, 6.45) is -0.715. The van der Waals surface area contributed by atoms with Gasteiger partial charge in [0.1, 0.15) is 6.61 Å². The van der Waals surface area contributed by atoms with E-state index in [2.05, 4.69) is 18.8 Å². The van der Waals surface area contributed by atoms with Crippen molar-refractivity contribution in [1.29, 1.82) is 0 Å². The highest BCUT2D eigenvalue weighted by atomic mass is 32.2. The van der Waals surface area contributed by atoms with Crippen LogP contribution >= 0.6 is 0 Å². The van der Waals surface area contributed by atoms with E-state index < -0.39 is 16.6 Å². The maximum atomic E-state index is 10.2. The molecule has 7 heteroatoms. The minimum atomic E-state index is -3.90. The first kappa shape index (κ1) is 10.8. The first-order chi connectivity index (χ1) is 4.99. The molecule has 0 atom stereocenters. The summed E-state index contributed by atoms with van der Waals surface area (Å²) in [6, 6.07) is 0. The van der Waals surface area contributed by atoms with E-state index >= 15 is 0 Å². The Hall–Kier alpha value is -0.210. The summed E-state index contributed by atoms with van der Waals surface area (Å²) in [6.45, 7) is -0.244. The molecule has 0 fully saturated rings. The van der Waals surface area contributed by atoms with E-state index in [-0.39, 0.29) is 6.61 Å². The molecule has 0 amide bonds. The van der Waals surface area contributed by atoms with E-state index in [1.54, 1.807) is 0 Å². The van der Waals surface area contributed by atoms with Crippen molar-refractivity contribution in [2.45, 2.75) is 6.29 Å². The minimum Gasteiger partial charge on any atom is -0.354 e. The molecule has 0 saturated carbocycles. The van der Waals surface area contributed by atoms with E-state index in [4.69, 9.17) is 0 Å². The van der Waals surface area contributed by atoms with Crippen molar-refractivity contribution in [2.75, 3.05) is 20.8 Å². The van der Waals surface area contributed by atoms with Gasteiger partial charge in [0, 0.05) is 14.2 Å². The second-order valence-corrected chi connectivity index (χ2v) is 2.90. The second kappa shape index (κ2) is 4.62. The predicted octanol–water partition coefficient (Wildman–Crippen LogP) is -1.17. The molecule has 0 spiro atoms. The molecule has 0 aliphatic rings. The maximum absolute atomic E-state index is 10.2. The summed E-state index contributed by atoms with van der Waals surface area (Å²) in [7, 11) is -1.18. The quantitative estimate of drug-likeness (QED) is 0.545. The number of ether oxygens (including phenoxy) is 2. The molecule has 0 unspecified atom stereocenters. The average molecular weight is 185 g/mol. The third-order valence-electron chi connectivity index (χ3n) is 0.894. The molecule has 0 aromatic rings. The molecular formula is C4H11NO5S. The van der Waals surface area contributed by atoms with Crippen molar-refractivity contribution in [1.82, 2.24) is 0 Å². The normalized spacial score (nSPS) is 12.4. The fourth-order valence-corrected chi connectivity index (χ4v) is 0.683. The fraction of sp³-hybridized carbons (Fsp3) is 1.00.